The van der Waals surface area contributed by atoms with Crippen molar-refractivity contribution in [3.63, 3.8) is 0 Å². The fourth-order valence-electron chi connectivity index (χ4n) is 2.76. The highest BCUT2D eigenvalue weighted by molar-refractivity contribution is 5.94. The molecule has 0 aliphatic heterocycles. The molecule has 1 aromatic carbocycles. The summed E-state index contributed by atoms with van der Waals surface area (Å²) in [6, 6.07) is 12.7. The SMILES string of the molecule is CCN(CC)C(=O)c1ccc(CNC(=O)N(C)C(C)c2ccccn2)cc1. The molecule has 1 aromatic heterocycles. The Kier molecular flexibility index (Phi) is 7.34. The van der Waals surface area contributed by atoms with Crippen LogP contribution < -0.4 is 5.32 Å². The molecule has 1 N–H and O–H groups in total. The van der Waals surface area contributed by atoms with E-state index in [4.69, 9.17) is 0 Å². The molecule has 0 saturated carbocycles. The zero-order valence-corrected chi connectivity index (χ0v) is 16.5. The first-order valence-electron chi connectivity index (χ1n) is 9.27. The monoisotopic (exact) mass is 368 g/mol. The summed E-state index contributed by atoms with van der Waals surface area (Å²) in [5.41, 5.74) is 2.45. The van der Waals surface area contributed by atoms with Gasteiger partial charge in [0.1, 0.15) is 0 Å². The van der Waals surface area contributed by atoms with Gasteiger partial charge in [0, 0.05) is 38.4 Å². The average Bonchev–Trinajstić information content (AvgIpc) is 2.72. The number of nitrogens with one attached hydrogen (secondary N) is 1. The number of amides is 3. The predicted octanol–water partition coefficient (Wildman–Crippen LogP) is 3.47. The minimum absolute atomic E-state index is 0.0273. The summed E-state index contributed by atoms with van der Waals surface area (Å²) < 4.78 is 0. The molecule has 0 radical (unpaired) electrons. The van der Waals surface area contributed by atoms with Crippen LogP contribution in [0, 0.1) is 0 Å². The van der Waals surface area contributed by atoms with Gasteiger partial charge in [-0.3, -0.25) is 9.78 Å². The minimum atomic E-state index is -0.170. The van der Waals surface area contributed by atoms with Crippen LogP contribution in [-0.2, 0) is 6.54 Å². The Balaban J connectivity index is 1.92. The van der Waals surface area contributed by atoms with Gasteiger partial charge in [0.15, 0.2) is 0 Å². The van der Waals surface area contributed by atoms with Gasteiger partial charge in [0.2, 0.25) is 0 Å². The van der Waals surface area contributed by atoms with Crippen molar-refractivity contribution < 1.29 is 9.59 Å². The Morgan fingerprint density at radius 3 is 2.30 bits per heavy atom. The number of hydrogen-bond acceptors (Lipinski definition) is 3. The number of aromatic nitrogens is 1. The zero-order valence-electron chi connectivity index (χ0n) is 16.5. The topological polar surface area (TPSA) is 65.5 Å². The van der Waals surface area contributed by atoms with Gasteiger partial charge in [-0.15, -0.1) is 0 Å². The molecule has 2 rings (SSSR count). The van der Waals surface area contributed by atoms with Crippen molar-refractivity contribution in [1.82, 2.24) is 20.1 Å². The van der Waals surface area contributed by atoms with Crippen molar-refractivity contribution in [2.45, 2.75) is 33.4 Å². The van der Waals surface area contributed by atoms with E-state index < -0.39 is 0 Å². The second kappa shape index (κ2) is 9.71. The van der Waals surface area contributed by atoms with Crippen LogP contribution in [0.2, 0.25) is 0 Å². The normalized spacial score (nSPS) is 11.6. The molecule has 0 aliphatic carbocycles. The van der Waals surface area contributed by atoms with Gasteiger partial charge in [0.25, 0.3) is 5.91 Å². The van der Waals surface area contributed by atoms with Crippen LogP contribution in [0.15, 0.2) is 48.7 Å². The zero-order chi connectivity index (χ0) is 19.8. The van der Waals surface area contributed by atoms with Crippen LogP contribution in [0.3, 0.4) is 0 Å². The van der Waals surface area contributed by atoms with E-state index in [1.165, 1.54) is 0 Å². The second-order valence-electron chi connectivity index (χ2n) is 6.37. The van der Waals surface area contributed by atoms with E-state index in [1.54, 1.807) is 23.0 Å². The number of pyridine rings is 1. The lowest BCUT2D eigenvalue weighted by Crippen LogP contribution is -2.38. The Hall–Kier alpha value is -2.89. The maximum absolute atomic E-state index is 12.4. The fraction of sp³-hybridized carbons (Fsp3) is 0.381. The number of hydrogen-bond donors (Lipinski definition) is 1. The van der Waals surface area contributed by atoms with Crippen LogP contribution in [0.25, 0.3) is 0 Å². The van der Waals surface area contributed by atoms with E-state index in [9.17, 15) is 9.59 Å². The quantitative estimate of drug-likeness (QED) is 0.814. The summed E-state index contributed by atoms with van der Waals surface area (Å²) in [5, 5.41) is 2.91. The van der Waals surface area contributed by atoms with E-state index >= 15 is 0 Å². The van der Waals surface area contributed by atoms with Crippen molar-refractivity contribution in [3.05, 3.63) is 65.5 Å². The van der Waals surface area contributed by atoms with Gasteiger partial charge in [-0.05, 0) is 50.6 Å². The Morgan fingerprint density at radius 2 is 1.74 bits per heavy atom. The van der Waals surface area contributed by atoms with E-state index in [0.717, 1.165) is 11.3 Å². The van der Waals surface area contributed by atoms with Crippen molar-refractivity contribution in [3.8, 4) is 0 Å². The standard InChI is InChI=1S/C21H28N4O2/c1-5-25(6-2)20(26)18-12-10-17(11-13-18)15-23-21(27)24(4)16(3)19-9-7-8-14-22-19/h7-14,16H,5-6,15H2,1-4H3,(H,23,27). The summed E-state index contributed by atoms with van der Waals surface area (Å²) in [4.78, 5) is 32.4. The molecular weight excluding hydrogens is 340 g/mol. The van der Waals surface area contributed by atoms with Gasteiger partial charge in [-0.1, -0.05) is 18.2 Å². The lowest BCUT2D eigenvalue weighted by molar-refractivity contribution is 0.0773. The van der Waals surface area contributed by atoms with Gasteiger partial charge >= 0.3 is 6.03 Å². The van der Waals surface area contributed by atoms with Gasteiger partial charge in [-0.25, -0.2) is 4.79 Å². The highest BCUT2D eigenvalue weighted by Crippen LogP contribution is 2.16. The number of carbonyl (C=O) groups is 2. The largest absolute Gasteiger partial charge is 0.339 e. The lowest BCUT2D eigenvalue weighted by atomic mass is 10.1. The summed E-state index contributed by atoms with van der Waals surface area (Å²) in [7, 11) is 1.75. The molecule has 0 aliphatic rings. The molecule has 1 atom stereocenters. The molecule has 6 nitrogen and oxygen atoms in total. The average molecular weight is 368 g/mol. The van der Waals surface area contributed by atoms with Crippen LogP contribution in [0.5, 0.6) is 0 Å². The highest BCUT2D eigenvalue weighted by atomic mass is 16.2. The molecule has 3 amide bonds. The molecule has 6 heteroatoms. The molecule has 0 saturated heterocycles. The molecular formula is C21H28N4O2. The van der Waals surface area contributed by atoms with E-state index in [-0.39, 0.29) is 18.0 Å². The first-order valence-corrected chi connectivity index (χ1v) is 9.27. The van der Waals surface area contributed by atoms with Crippen molar-refractivity contribution in [2.75, 3.05) is 20.1 Å². The molecule has 0 fully saturated rings. The summed E-state index contributed by atoms with van der Waals surface area (Å²) >= 11 is 0. The Morgan fingerprint density at radius 1 is 1.07 bits per heavy atom. The maximum Gasteiger partial charge on any atom is 0.317 e. The Bertz CT molecular complexity index is 743. The van der Waals surface area contributed by atoms with Crippen LogP contribution in [-0.4, -0.2) is 46.9 Å². The fourth-order valence-corrected chi connectivity index (χ4v) is 2.76. The first-order chi connectivity index (χ1) is 13.0. The van der Waals surface area contributed by atoms with Crippen LogP contribution in [0.4, 0.5) is 4.79 Å². The number of carbonyl (C=O) groups excluding carboxylic acids is 2. The van der Waals surface area contributed by atoms with Crippen LogP contribution >= 0.6 is 0 Å². The van der Waals surface area contributed by atoms with Crippen molar-refractivity contribution >= 4 is 11.9 Å². The third-order valence-corrected chi connectivity index (χ3v) is 4.71. The summed E-state index contributed by atoms with van der Waals surface area (Å²) in [6.07, 6.45) is 1.72. The lowest BCUT2D eigenvalue weighted by Gasteiger charge is -2.24. The molecule has 0 spiro atoms. The van der Waals surface area contributed by atoms with Crippen LogP contribution in [0.1, 0.15) is 48.4 Å². The van der Waals surface area contributed by atoms with Gasteiger partial charge in [0.05, 0.1) is 11.7 Å². The smallest absolute Gasteiger partial charge is 0.317 e. The maximum atomic E-state index is 12.4. The molecule has 1 heterocycles. The van der Waals surface area contributed by atoms with Crippen molar-refractivity contribution in [2.24, 2.45) is 0 Å². The van der Waals surface area contributed by atoms with Gasteiger partial charge < -0.3 is 15.1 Å². The number of benzene rings is 1. The minimum Gasteiger partial charge on any atom is -0.339 e. The molecule has 2 aromatic rings. The number of rotatable bonds is 7. The first kappa shape index (κ1) is 20.4. The van der Waals surface area contributed by atoms with Crippen molar-refractivity contribution in [1.29, 1.82) is 0 Å². The molecule has 1 unspecified atom stereocenters. The number of nitrogens with zero attached hydrogens (tertiary/aromatic N) is 3. The summed E-state index contributed by atoms with van der Waals surface area (Å²) in [6.45, 7) is 7.65. The van der Waals surface area contributed by atoms with E-state index in [0.29, 0.717) is 25.2 Å². The molecule has 27 heavy (non-hydrogen) atoms. The predicted molar refractivity (Wildman–Crippen MR) is 106 cm³/mol. The summed E-state index contributed by atoms with van der Waals surface area (Å²) in [5.74, 6) is 0.0273. The third kappa shape index (κ3) is 5.29. The number of urea groups is 1. The second-order valence-corrected chi connectivity index (χ2v) is 6.37. The Labute approximate surface area is 161 Å². The highest BCUT2D eigenvalue weighted by Gasteiger charge is 2.18. The van der Waals surface area contributed by atoms with E-state index in [2.05, 4.69) is 10.3 Å². The molecule has 144 valence electrons. The third-order valence-electron chi connectivity index (χ3n) is 4.71. The molecule has 0 bridgehead atoms. The van der Waals surface area contributed by atoms with E-state index in [1.807, 2.05) is 63.2 Å². The van der Waals surface area contributed by atoms with Gasteiger partial charge in [-0.2, -0.15) is 0 Å².